The van der Waals surface area contributed by atoms with Crippen LogP contribution in [0.5, 0.6) is 0 Å². The Hall–Kier alpha value is -3.16. The van der Waals surface area contributed by atoms with Crippen molar-refractivity contribution in [2.45, 2.75) is 12.8 Å². The van der Waals surface area contributed by atoms with Crippen LogP contribution in [-0.4, -0.2) is 60.6 Å². The number of hydrogen-bond donors (Lipinski definition) is 2. The first-order valence-corrected chi connectivity index (χ1v) is 10.2. The fourth-order valence-electron chi connectivity index (χ4n) is 3.80. The minimum Gasteiger partial charge on any atom is -0.366 e. The molecular formula is C22H26F2N6. The van der Waals surface area contributed by atoms with Crippen molar-refractivity contribution in [3.05, 3.63) is 59.9 Å². The Kier molecular flexibility index (Phi) is 6.11. The van der Waals surface area contributed by atoms with Crippen molar-refractivity contribution in [2.24, 2.45) is 4.99 Å². The number of benzene rings is 2. The van der Waals surface area contributed by atoms with Crippen molar-refractivity contribution in [2.75, 3.05) is 44.7 Å². The largest absolute Gasteiger partial charge is 0.366 e. The summed E-state index contributed by atoms with van der Waals surface area (Å²) in [5.74, 6) is 1.01. The summed E-state index contributed by atoms with van der Waals surface area (Å²) in [6, 6.07) is 11.6. The number of piperazine rings is 1. The van der Waals surface area contributed by atoms with Crippen molar-refractivity contribution in [1.29, 1.82) is 0 Å². The molecule has 158 valence electrons. The van der Waals surface area contributed by atoms with Gasteiger partial charge in [-0.15, -0.1) is 0 Å². The van der Waals surface area contributed by atoms with Gasteiger partial charge in [0.05, 0.1) is 16.7 Å². The number of aromatic amines is 1. The number of aryl methyl sites for hydroxylation is 1. The molecule has 6 nitrogen and oxygen atoms in total. The van der Waals surface area contributed by atoms with Crippen LogP contribution >= 0.6 is 0 Å². The van der Waals surface area contributed by atoms with Crippen LogP contribution in [0.1, 0.15) is 12.2 Å². The van der Waals surface area contributed by atoms with E-state index in [9.17, 15) is 8.78 Å². The third-order valence-electron chi connectivity index (χ3n) is 5.35. The number of hydrogen-bond acceptors (Lipinski definition) is 3. The average molecular weight is 412 g/mol. The lowest BCUT2D eigenvalue weighted by Crippen LogP contribution is -2.52. The molecule has 0 aliphatic carbocycles. The van der Waals surface area contributed by atoms with Gasteiger partial charge >= 0.3 is 0 Å². The van der Waals surface area contributed by atoms with Gasteiger partial charge in [-0.3, -0.25) is 4.99 Å². The second-order valence-corrected chi connectivity index (χ2v) is 7.35. The summed E-state index contributed by atoms with van der Waals surface area (Å²) in [7, 11) is 1.76. The van der Waals surface area contributed by atoms with Gasteiger partial charge in [0.1, 0.15) is 17.5 Å². The predicted molar refractivity (Wildman–Crippen MR) is 116 cm³/mol. The van der Waals surface area contributed by atoms with Gasteiger partial charge in [0.25, 0.3) is 0 Å². The van der Waals surface area contributed by atoms with Gasteiger partial charge < -0.3 is 20.1 Å². The molecule has 1 aliphatic rings. The van der Waals surface area contributed by atoms with Crippen LogP contribution in [-0.2, 0) is 6.42 Å². The van der Waals surface area contributed by atoms with Gasteiger partial charge in [-0.2, -0.15) is 0 Å². The van der Waals surface area contributed by atoms with E-state index < -0.39 is 11.6 Å². The number of nitrogens with one attached hydrogen (secondary N) is 2. The monoisotopic (exact) mass is 412 g/mol. The number of halogens is 2. The minimum atomic E-state index is -0.421. The van der Waals surface area contributed by atoms with Crippen LogP contribution in [0.25, 0.3) is 11.0 Å². The Morgan fingerprint density at radius 1 is 1.13 bits per heavy atom. The number of para-hydroxylation sites is 2. The van der Waals surface area contributed by atoms with Crippen molar-refractivity contribution in [1.82, 2.24) is 20.2 Å². The molecule has 1 aromatic heterocycles. The van der Waals surface area contributed by atoms with Gasteiger partial charge in [-0.05, 0) is 30.7 Å². The van der Waals surface area contributed by atoms with Crippen molar-refractivity contribution in [3.8, 4) is 0 Å². The number of aromatic nitrogens is 2. The lowest BCUT2D eigenvalue weighted by atomic mass is 10.2. The molecule has 0 saturated carbocycles. The number of anilines is 1. The molecule has 0 spiro atoms. The first-order valence-electron chi connectivity index (χ1n) is 10.2. The van der Waals surface area contributed by atoms with Crippen LogP contribution in [0.4, 0.5) is 14.5 Å². The molecule has 1 saturated heterocycles. The van der Waals surface area contributed by atoms with E-state index in [2.05, 4.69) is 25.2 Å². The first kappa shape index (κ1) is 20.1. The molecule has 0 unspecified atom stereocenters. The molecule has 0 amide bonds. The zero-order valence-corrected chi connectivity index (χ0v) is 17.0. The molecule has 4 rings (SSSR count). The molecule has 1 fully saturated rings. The molecular weight excluding hydrogens is 386 g/mol. The van der Waals surface area contributed by atoms with E-state index in [1.165, 1.54) is 12.1 Å². The Balaban J connectivity index is 1.25. The average Bonchev–Trinajstić information content (AvgIpc) is 3.19. The Morgan fingerprint density at radius 2 is 1.93 bits per heavy atom. The lowest BCUT2D eigenvalue weighted by Gasteiger charge is -2.37. The zero-order valence-electron chi connectivity index (χ0n) is 17.0. The van der Waals surface area contributed by atoms with E-state index in [-0.39, 0.29) is 0 Å². The summed E-state index contributed by atoms with van der Waals surface area (Å²) in [4.78, 5) is 16.4. The highest BCUT2D eigenvalue weighted by molar-refractivity contribution is 5.80. The predicted octanol–water partition coefficient (Wildman–Crippen LogP) is 3.17. The summed E-state index contributed by atoms with van der Waals surface area (Å²) in [5, 5.41) is 3.40. The SMILES string of the molecule is CN=C(NCCCc1nc2ccccc2[nH]1)N1CCN(c2cc(F)ccc2F)CC1. The molecule has 2 heterocycles. The number of guanidine groups is 1. The van der Waals surface area contributed by atoms with Crippen LogP contribution in [0.15, 0.2) is 47.5 Å². The van der Waals surface area contributed by atoms with E-state index in [4.69, 9.17) is 0 Å². The van der Waals surface area contributed by atoms with Crippen LogP contribution in [0, 0.1) is 11.6 Å². The summed E-state index contributed by atoms with van der Waals surface area (Å²) in [6.45, 7) is 3.39. The van der Waals surface area contributed by atoms with E-state index in [0.29, 0.717) is 31.9 Å². The van der Waals surface area contributed by atoms with Crippen molar-refractivity contribution in [3.63, 3.8) is 0 Å². The fourth-order valence-corrected chi connectivity index (χ4v) is 3.80. The molecule has 2 aromatic carbocycles. The fraction of sp³-hybridized carbons (Fsp3) is 0.364. The molecule has 2 N–H and O–H groups in total. The number of aliphatic imine (C=N–C) groups is 1. The van der Waals surface area contributed by atoms with E-state index in [1.807, 2.05) is 29.2 Å². The van der Waals surface area contributed by atoms with Crippen LogP contribution < -0.4 is 10.2 Å². The van der Waals surface area contributed by atoms with Gasteiger partial charge in [0, 0.05) is 52.3 Å². The van der Waals surface area contributed by atoms with E-state index >= 15 is 0 Å². The maximum atomic E-state index is 14.0. The third-order valence-corrected chi connectivity index (χ3v) is 5.35. The Morgan fingerprint density at radius 3 is 2.70 bits per heavy atom. The topological polar surface area (TPSA) is 59.6 Å². The summed E-state index contributed by atoms with van der Waals surface area (Å²) in [5.41, 5.74) is 2.37. The minimum absolute atomic E-state index is 0.323. The van der Waals surface area contributed by atoms with Gasteiger partial charge in [0.2, 0.25) is 0 Å². The van der Waals surface area contributed by atoms with Crippen molar-refractivity contribution < 1.29 is 8.78 Å². The number of H-pyrrole nitrogens is 1. The summed E-state index contributed by atoms with van der Waals surface area (Å²) >= 11 is 0. The van der Waals surface area contributed by atoms with E-state index in [1.54, 1.807) is 7.05 Å². The molecule has 8 heteroatoms. The number of rotatable bonds is 5. The van der Waals surface area contributed by atoms with Gasteiger partial charge in [-0.25, -0.2) is 13.8 Å². The standard InChI is InChI=1S/C22H26F2N6/c1-25-22(26-10-4-7-21-27-18-5-2-3-6-19(18)28-21)30-13-11-29(12-14-30)20-15-16(23)8-9-17(20)24/h2-3,5-6,8-9,15H,4,7,10-14H2,1H3,(H,25,26)(H,27,28). The highest BCUT2D eigenvalue weighted by Gasteiger charge is 2.22. The molecule has 3 aromatic rings. The van der Waals surface area contributed by atoms with Gasteiger partial charge in [-0.1, -0.05) is 12.1 Å². The Bertz CT molecular complexity index is 990. The summed E-state index contributed by atoms with van der Waals surface area (Å²) in [6.07, 6.45) is 1.78. The number of nitrogens with zero attached hydrogens (tertiary/aromatic N) is 4. The Labute approximate surface area is 174 Å². The number of imidazole rings is 1. The highest BCUT2D eigenvalue weighted by Crippen LogP contribution is 2.22. The van der Waals surface area contributed by atoms with Crippen molar-refractivity contribution >= 4 is 22.7 Å². The lowest BCUT2D eigenvalue weighted by molar-refractivity contribution is 0.370. The van der Waals surface area contributed by atoms with Crippen LogP contribution in [0.2, 0.25) is 0 Å². The summed E-state index contributed by atoms with van der Waals surface area (Å²) < 4.78 is 27.5. The number of fused-ring (bicyclic) bond motifs is 1. The normalized spacial score (nSPS) is 15.1. The first-order chi connectivity index (χ1) is 14.6. The van der Waals surface area contributed by atoms with Crippen LogP contribution in [0.3, 0.4) is 0 Å². The highest BCUT2D eigenvalue weighted by atomic mass is 19.1. The molecule has 1 aliphatic heterocycles. The second kappa shape index (κ2) is 9.11. The molecule has 0 radical (unpaired) electrons. The maximum Gasteiger partial charge on any atom is 0.193 e. The molecule has 0 bridgehead atoms. The molecule has 0 atom stereocenters. The van der Waals surface area contributed by atoms with E-state index in [0.717, 1.165) is 48.3 Å². The molecule has 30 heavy (non-hydrogen) atoms. The smallest absolute Gasteiger partial charge is 0.193 e. The maximum absolute atomic E-state index is 14.0. The quantitative estimate of drug-likeness (QED) is 0.384. The second-order valence-electron chi connectivity index (χ2n) is 7.35. The third kappa shape index (κ3) is 4.53. The van der Waals surface area contributed by atoms with Gasteiger partial charge in [0.15, 0.2) is 5.96 Å². The zero-order chi connectivity index (χ0) is 20.9.